The van der Waals surface area contributed by atoms with Crippen molar-refractivity contribution >= 4 is 23.7 Å². The number of nitro groups is 1. The molecular formula is C11H10N4O4S. The number of aldehydes is 1. The molecule has 0 spiro atoms. The van der Waals surface area contributed by atoms with Gasteiger partial charge in [0.2, 0.25) is 0 Å². The fourth-order valence-corrected chi connectivity index (χ4v) is 2.56. The molecule has 2 rings (SSSR count). The highest BCUT2D eigenvalue weighted by atomic mass is 32.2. The highest BCUT2D eigenvalue weighted by Crippen LogP contribution is 2.30. The largest absolute Gasteiger partial charge is 0.343 e. The van der Waals surface area contributed by atoms with Crippen LogP contribution in [0, 0.1) is 10.1 Å². The van der Waals surface area contributed by atoms with Crippen molar-refractivity contribution in [2.75, 3.05) is 0 Å². The molecule has 9 heteroatoms. The number of non-ortho nitro benzene ring substituents is 1. The summed E-state index contributed by atoms with van der Waals surface area (Å²) in [6, 6.07) is 3.96. The maximum atomic E-state index is 11.4. The number of nitrogens with one attached hydrogen (secondary N) is 1. The minimum atomic E-state index is -0.571. The first-order valence-electron chi connectivity index (χ1n) is 5.63. The molecule has 8 nitrogen and oxygen atoms in total. The van der Waals surface area contributed by atoms with Crippen LogP contribution in [0.1, 0.15) is 17.3 Å². The monoisotopic (exact) mass is 294 g/mol. The smallest absolute Gasteiger partial charge is 0.298 e. The van der Waals surface area contributed by atoms with Gasteiger partial charge in [0.15, 0.2) is 11.4 Å². The Morgan fingerprint density at radius 2 is 2.30 bits per heavy atom. The molecule has 2 aromatic rings. The molecule has 104 valence electrons. The Kier molecular flexibility index (Phi) is 3.99. The zero-order valence-corrected chi connectivity index (χ0v) is 11.2. The van der Waals surface area contributed by atoms with Gasteiger partial charge in [-0.25, -0.2) is 9.89 Å². The molecule has 1 aromatic carbocycles. The van der Waals surface area contributed by atoms with Crippen LogP contribution >= 0.6 is 11.8 Å². The first-order chi connectivity index (χ1) is 9.56. The molecule has 0 atom stereocenters. The van der Waals surface area contributed by atoms with Crippen molar-refractivity contribution in [3.8, 4) is 0 Å². The average Bonchev–Trinajstić information content (AvgIpc) is 2.79. The van der Waals surface area contributed by atoms with E-state index in [1.807, 2.05) is 0 Å². The van der Waals surface area contributed by atoms with E-state index in [2.05, 4.69) is 10.2 Å². The Morgan fingerprint density at radius 3 is 2.90 bits per heavy atom. The van der Waals surface area contributed by atoms with Gasteiger partial charge in [0.1, 0.15) is 0 Å². The van der Waals surface area contributed by atoms with Crippen LogP contribution in [-0.4, -0.2) is 26.0 Å². The lowest BCUT2D eigenvalue weighted by molar-refractivity contribution is -0.384. The highest BCUT2D eigenvalue weighted by molar-refractivity contribution is 7.99. The quantitative estimate of drug-likeness (QED) is 0.507. The predicted molar refractivity (Wildman–Crippen MR) is 71.1 cm³/mol. The van der Waals surface area contributed by atoms with Crippen LogP contribution in [0.2, 0.25) is 0 Å². The number of aromatic amines is 1. The minimum Gasteiger partial charge on any atom is -0.298 e. The van der Waals surface area contributed by atoms with Crippen molar-refractivity contribution in [1.82, 2.24) is 14.8 Å². The topological polar surface area (TPSA) is 111 Å². The van der Waals surface area contributed by atoms with Crippen molar-refractivity contribution < 1.29 is 9.72 Å². The van der Waals surface area contributed by atoms with Crippen LogP contribution in [0.5, 0.6) is 0 Å². The molecule has 0 unspecified atom stereocenters. The van der Waals surface area contributed by atoms with Gasteiger partial charge >= 0.3 is 5.69 Å². The van der Waals surface area contributed by atoms with Gasteiger partial charge < -0.3 is 0 Å². The Balaban J connectivity index is 2.40. The second-order valence-corrected chi connectivity index (χ2v) is 4.76. The third-order valence-corrected chi connectivity index (χ3v) is 3.66. The number of aromatic nitrogens is 3. The average molecular weight is 294 g/mol. The highest BCUT2D eigenvalue weighted by Gasteiger charge is 2.14. The van der Waals surface area contributed by atoms with Gasteiger partial charge in [-0.3, -0.25) is 19.5 Å². The van der Waals surface area contributed by atoms with Crippen molar-refractivity contribution in [3.05, 3.63) is 44.4 Å². The van der Waals surface area contributed by atoms with Crippen LogP contribution < -0.4 is 5.69 Å². The van der Waals surface area contributed by atoms with Crippen LogP contribution in [0.4, 0.5) is 5.69 Å². The minimum absolute atomic E-state index is 0.161. The van der Waals surface area contributed by atoms with Gasteiger partial charge in [0.25, 0.3) is 5.69 Å². The second-order valence-electron chi connectivity index (χ2n) is 3.75. The fourth-order valence-electron chi connectivity index (χ4n) is 1.59. The lowest BCUT2D eigenvalue weighted by atomic mass is 10.2. The molecule has 0 bridgehead atoms. The summed E-state index contributed by atoms with van der Waals surface area (Å²) < 4.78 is 1.40. The summed E-state index contributed by atoms with van der Waals surface area (Å²) in [5, 5.41) is 17.2. The molecule has 0 fully saturated rings. The molecule has 1 aromatic heterocycles. The Morgan fingerprint density at radius 1 is 1.55 bits per heavy atom. The van der Waals surface area contributed by atoms with Crippen LogP contribution in [0.15, 0.2) is 33.0 Å². The number of hydrogen-bond donors (Lipinski definition) is 1. The van der Waals surface area contributed by atoms with Gasteiger partial charge in [-0.05, 0) is 24.8 Å². The summed E-state index contributed by atoms with van der Waals surface area (Å²) >= 11 is 1.10. The van der Waals surface area contributed by atoms with E-state index in [1.165, 1.54) is 22.8 Å². The number of hydrogen-bond acceptors (Lipinski definition) is 6. The molecule has 1 heterocycles. The van der Waals surface area contributed by atoms with Crippen molar-refractivity contribution in [3.63, 3.8) is 0 Å². The molecule has 0 amide bonds. The van der Waals surface area contributed by atoms with Gasteiger partial charge in [-0.1, -0.05) is 0 Å². The van der Waals surface area contributed by atoms with E-state index >= 15 is 0 Å². The predicted octanol–water partition coefficient (Wildman–Crippen LogP) is 1.46. The van der Waals surface area contributed by atoms with Gasteiger partial charge in [0, 0.05) is 29.1 Å². The summed E-state index contributed by atoms with van der Waals surface area (Å²) in [6.45, 7) is 2.22. The third-order valence-electron chi connectivity index (χ3n) is 2.57. The summed E-state index contributed by atoms with van der Waals surface area (Å²) in [4.78, 5) is 33.0. The zero-order valence-electron chi connectivity index (χ0n) is 10.4. The summed E-state index contributed by atoms with van der Waals surface area (Å²) in [5.74, 6) is 0. The van der Waals surface area contributed by atoms with E-state index in [0.717, 1.165) is 11.8 Å². The first-order valence-corrected chi connectivity index (χ1v) is 6.45. The molecular weight excluding hydrogens is 284 g/mol. The molecule has 0 saturated carbocycles. The standard InChI is InChI=1S/C11H10N4O4S/c1-2-14-10(17)12-13-11(14)20-9-4-3-8(15(18)19)5-7(9)6-16/h3-6H,2H2,1H3,(H,12,17). The third kappa shape index (κ3) is 2.62. The normalized spacial score (nSPS) is 10.4. The van der Waals surface area contributed by atoms with E-state index in [9.17, 15) is 19.7 Å². The summed E-state index contributed by atoms with van der Waals surface area (Å²) in [7, 11) is 0. The number of nitro benzene ring substituents is 1. The van der Waals surface area contributed by atoms with E-state index < -0.39 is 4.92 Å². The van der Waals surface area contributed by atoms with Gasteiger partial charge in [-0.15, -0.1) is 5.10 Å². The molecule has 0 aliphatic heterocycles. The fraction of sp³-hybridized carbons (Fsp3) is 0.182. The van der Waals surface area contributed by atoms with Crippen LogP contribution in [0.3, 0.4) is 0 Å². The van der Waals surface area contributed by atoms with Gasteiger partial charge in [-0.2, -0.15) is 0 Å². The Bertz CT molecular complexity index is 721. The molecule has 0 radical (unpaired) electrons. The van der Waals surface area contributed by atoms with E-state index in [4.69, 9.17) is 0 Å². The maximum absolute atomic E-state index is 11.4. The lowest BCUT2D eigenvalue weighted by Crippen LogP contribution is -2.16. The van der Waals surface area contributed by atoms with Crippen LogP contribution in [-0.2, 0) is 6.54 Å². The molecule has 0 saturated heterocycles. The molecule has 20 heavy (non-hydrogen) atoms. The summed E-state index contributed by atoms with van der Waals surface area (Å²) in [5.41, 5.74) is -0.321. The van der Waals surface area contributed by atoms with Crippen LogP contribution in [0.25, 0.3) is 0 Å². The number of nitrogens with zero attached hydrogens (tertiary/aromatic N) is 3. The van der Waals surface area contributed by atoms with E-state index in [0.29, 0.717) is 22.9 Å². The Labute approximate surface area is 117 Å². The Hall–Kier alpha value is -2.42. The number of carbonyl (C=O) groups excluding carboxylic acids is 1. The maximum Gasteiger partial charge on any atom is 0.343 e. The second kappa shape index (κ2) is 5.70. The van der Waals surface area contributed by atoms with Crippen molar-refractivity contribution in [1.29, 1.82) is 0 Å². The number of rotatable bonds is 5. The molecule has 0 aliphatic rings. The van der Waals surface area contributed by atoms with E-state index in [1.54, 1.807) is 6.92 Å². The first kappa shape index (κ1) is 14.0. The summed E-state index contributed by atoms with van der Waals surface area (Å²) in [6.07, 6.45) is 0.538. The lowest BCUT2D eigenvalue weighted by Gasteiger charge is -2.04. The number of benzene rings is 1. The molecule has 0 aliphatic carbocycles. The van der Waals surface area contributed by atoms with Gasteiger partial charge in [0.05, 0.1) is 4.92 Å². The SMILES string of the molecule is CCn1c(Sc2ccc([N+](=O)[O-])cc2C=O)n[nH]c1=O. The number of carbonyl (C=O) groups is 1. The van der Waals surface area contributed by atoms with E-state index in [-0.39, 0.29) is 16.9 Å². The number of H-pyrrole nitrogens is 1. The van der Waals surface area contributed by atoms with Crippen molar-refractivity contribution in [2.45, 2.75) is 23.5 Å². The zero-order chi connectivity index (χ0) is 14.7. The van der Waals surface area contributed by atoms with Crippen molar-refractivity contribution in [2.24, 2.45) is 0 Å². The molecule has 1 N–H and O–H groups in total.